The van der Waals surface area contributed by atoms with Crippen LogP contribution in [-0.2, 0) is 16.1 Å². The Bertz CT molecular complexity index is 1090. The second-order valence-electron chi connectivity index (χ2n) is 7.17. The molecule has 0 aliphatic heterocycles. The van der Waals surface area contributed by atoms with Gasteiger partial charge in [0, 0.05) is 5.56 Å². The van der Waals surface area contributed by atoms with Gasteiger partial charge >= 0.3 is 5.97 Å². The lowest BCUT2D eigenvalue weighted by Crippen LogP contribution is -2.25. The van der Waals surface area contributed by atoms with Crippen molar-refractivity contribution in [2.75, 3.05) is 12.4 Å². The summed E-state index contributed by atoms with van der Waals surface area (Å²) in [5, 5.41) is 12.1. The highest BCUT2D eigenvalue weighted by molar-refractivity contribution is 7.99. The topological polar surface area (TPSA) is 86.1 Å². The number of benzene rings is 2. The zero-order valence-corrected chi connectivity index (χ0v) is 19.0. The number of nitrogens with one attached hydrogen (secondary N) is 1. The summed E-state index contributed by atoms with van der Waals surface area (Å²) in [6.07, 6.45) is 0. The highest BCUT2D eigenvalue weighted by atomic mass is 32.2. The first-order valence-electron chi connectivity index (χ1n) is 10.0. The largest absolute Gasteiger partial charge is 0.465 e. The number of rotatable bonds is 8. The van der Waals surface area contributed by atoms with E-state index in [0.29, 0.717) is 23.2 Å². The van der Waals surface area contributed by atoms with E-state index in [2.05, 4.69) is 15.5 Å². The van der Waals surface area contributed by atoms with Crippen LogP contribution in [0.4, 0.5) is 0 Å². The fourth-order valence-corrected chi connectivity index (χ4v) is 3.85. The van der Waals surface area contributed by atoms with Crippen LogP contribution in [0, 0.1) is 20.8 Å². The summed E-state index contributed by atoms with van der Waals surface area (Å²) in [7, 11) is 0. The van der Waals surface area contributed by atoms with Crippen LogP contribution in [0.15, 0.2) is 47.6 Å². The highest BCUT2D eigenvalue weighted by Crippen LogP contribution is 2.25. The van der Waals surface area contributed by atoms with E-state index >= 15 is 0 Å². The number of thioether (sulfide) groups is 1. The lowest BCUT2D eigenvalue weighted by Gasteiger charge is -2.14. The van der Waals surface area contributed by atoms with Gasteiger partial charge in [0.25, 0.3) is 5.91 Å². The van der Waals surface area contributed by atoms with Gasteiger partial charge < -0.3 is 10.1 Å². The van der Waals surface area contributed by atoms with Gasteiger partial charge in [0.1, 0.15) is 0 Å². The minimum absolute atomic E-state index is 0.131. The van der Waals surface area contributed by atoms with Gasteiger partial charge in [0.05, 0.1) is 24.6 Å². The van der Waals surface area contributed by atoms with Crippen LogP contribution in [0.1, 0.15) is 39.8 Å². The first kappa shape index (κ1) is 22.6. The minimum Gasteiger partial charge on any atom is -0.465 e. The highest BCUT2D eigenvalue weighted by Gasteiger charge is 2.18. The third kappa shape index (κ3) is 5.73. The molecule has 1 amide bonds. The van der Waals surface area contributed by atoms with Crippen molar-refractivity contribution in [3.8, 4) is 5.69 Å². The Morgan fingerprint density at radius 2 is 1.84 bits per heavy atom. The van der Waals surface area contributed by atoms with Crippen molar-refractivity contribution in [3.05, 3.63) is 70.5 Å². The van der Waals surface area contributed by atoms with Gasteiger partial charge in [-0.2, -0.15) is 0 Å². The predicted molar refractivity (Wildman–Crippen MR) is 121 cm³/mol. The molecule has 0 unspecified atom stereocenters. The number of amides is 1. The Hall–Kier alpha value is -3.13. The van der Waals surface area contributed by atoms with Crippen LogP contribution in [0.3, 0.4) is 0 Å². The normalized spacial score (nSPS) is 10.7. The van der Waals surface area contributed by atoms with Gasteiger partial charge in [-0.05, 0) is 57.0 Å². The first-order valence-corrected chi connectivity index (χ1v) is 11.0. The molecule has 162 valence electrons. The van der Waals surface area contributed by atoms with E-state index in [-0.39, 0.29) is 24.2 Å². The summed E-state index contributed by atoms with van der Waals surface area (Å²) >= 11 is 1.26. The van der Waals surface area contributed by atoms with E-state index in [1.807, 2.05) is 61.7 Å². The zero-order chi connectivity index (χ0) is 22.4. The van der Waals surface area contributed by atoms with Crippen molar-refractivity contribution < 1.29 is 14.3 Å². The second-order valence-corrected chi connectivity index (χ2v) is 8.11. The monoisotopic (exact) mass is 438 g/mol. The number of carbonyl (C=O) groups excluding carboxylic acids is 2. The van der Waals surface area contributed by atoms with E-state index in [0.717, 1.165) is 22.4 Å². The molecule has 0 fully saturated rings. The molecule has 1 aromatic heterocycles. The molecule has 0 saturated carbocycles. The van der Waals surface area contributed by atoms with Crippen molar-refractivity contribution in [2.24, 2.45) is 0 Å². The lowest BCUT2D eigenvalue weighted by atomic mass is 10.1. The fraction of sp³-hybridized carbons (Fsp3) is 0.304. The summed E-state index contributed by atoms with van der Waals surface area (Å²) in [6, 6.07) is 13.5. The molecular formula is C23H26N4O3S. The smallest absolute Gasteiger partial charge is 0.316 e. The van der Waals surface area contributed by atoms with E-state index in [4.69, 9.17) is 4.74 Å². The van der Waals surface area contributed by atoms with Crippen LogP contribution in [0.25, 0.3) is 5.69 Å². The van der Waals surface area contributed by atoms with Crippen molar-refractivity contribution in [3.63, 3.8) is 0 Å². The average molecular weight is 439 g/mol. The lowest BCUT2D eigenvalue weighted by molar-refractivity contribution is -0.139. The van der Waals surface area contributed by atoms with Gasteiger partial charge in [0.15, 0.2) is 11.0 Å². The minimum atomic E-state index is -0.308. The quantitative estimate of drug-likeness (QED) is 0.426. The molecule has 0 radical (unpaired) electrons. The molecule has 0 spiro atoms. The Balaban J connectivity index is 1.88. The molecule has 0 atom stereocenters. The van der Waals surface area contributed by atoms with Crippen molar-refractivity contribution in [2.45, 2.75) is 39.4 Å². The molecule has 0 aliphatic carbocycles. The van der Waals surface area contributed by atoms with Gasteiger partial charge in [-0.15, -0.1) is 10.2 Å². The van der Waals surface area contributed by atoms with Crippen molar-refractivity contribution >= 4 is 23.6 Å². The number of hydrogen-bond acceptors (Lipinski definition) is 6. The molecule has 3 rings (SSSR count). The molecule has 3 aromatic rings. The van der Waals surface area contributed by atoms with Gasteiger partial charge in [-0.3, -0.25) is 14.2 Å². The maximum Gasteiger partial charge on any atom is 0.316 e. The van der Waals surface area contributed by atoms with Crippen LogP contribution in [0.2, 0.25) is 0 Å². The maximum absolute atomic E-state index is 12.6. The Kier molecular flexibility index (Phi) is 7.46. The standard InChI is InChI=1S/C23H26N4O3S/c1-5-30-21(28)14-31-23-26-25-20(27(23)19-12-16(3)9-10-17(19)4)13-24-22(29)18-8-6-7-15(2)11-18/h6-12H,5,13-14H2,1-4H3,(H,24,29). The summed E-state index contributed by atoms with van der Waals surface area (Å²) < 4.78 is 6.91. The number of carbonyl (C=O) groups is 2. The van der Waals surface area contributed by atoms with E-state index in [1.165, 1.54) is 11.8 Å². The van der Waals surface area contributed by atoms with Crippen molar-refractivity contribution in [1.82, 2.24) is 20.1 Å². The molecule has 2 aromatic carbocycles. The maximum atomic E-state index is 12.6. The van der Waals surface area contributed by atoms with Gasteiger partial charge in [-0.1, -0.05) is 41.6 Å². The number of hydrogen-bond donors (Lipinski definition) is 1. The third-order valence-corrected chi connectivity index (χ3v) is 5.52. The Morgan fingerprint density at radius 3 is 2.58 bits per heavy atom. The Morgan fingerprint density at radius 1 is 1.06 bits per heavy atom. The van der Waals surface area contributed by atoms with E-state index in [9.17, 15) is 9.59 Å². The van der Waals surface area contributed by atoms with Crippen LogP contribution >= 0.6 is 11.8 Å². The number of esters is 1. The molecule has 31 heavy (non-hydrogen) atoms. The zero-order valence-electron chi connectivity index (χ0n) is 18.1. The molecule has 0 saturated heterocycles. The number of nitrogens with zero attached hydrogens (tertiary/aromatic N) is 3. The van der Waals surface area contributed by atoms with E-state index in [1.54, 1.807) is 13.0 Å². The van der Waals surface area contributed by atoms with Gasteiger partial charge in [0.2, 0.25) is 0 Å². The number of ether oxygens (including phenoxy) is 1. The molecule has 1 heterocycles. The predicted octanol–water partition coefficient (Wildman–Crippen LogP) is 3.78. The SMILES string of the molecule is CCOC(=O)CSc1nnc(CNC(=O)c2cccc(C)c2)n1-c1cc(C)ccc1C. The van der Waals surface area contributed by atoms with Crippen LogP contribution in [0.5, 0.6) is 0 Å². The summed E-state index contributed by atoms with van der Waals surface area (Å²) in [5.41, 5.74) is 4.65. The average Bonchev–Trinajstić information content (AvgIpc) is 3.15. The molecule has 7 nitrogen and oxygen atoms in total. The fourth-order valence-electron chi connectivity index (χ4n) is 3.08. The molecule has 8 heteroatoms. The molecule has 0 bridgehead atoms. The second kappa shape index (κ2) is 10.3. The van der Waals surface area contributed by atoms with Crippen LogP contribution in [-0.4, -0.2) is 39.0 Å². The summed E-state index contributed by atoms with van der Waals surface area (Å²) in [6.45, 7) is 8.27. The summed E-state index contributed by atoms with van der Waals surface area (Å²) in [5.74, 6) is 0.227. The van der Waals surface area contributed by atoms with Crippen molar-refractivity contribution in [1.29, 1.82) is 0 Å². The summed E-state index contributed by atoms with van der Waals surface area (Å²) in [4.78, 5) is 24.4. The Labute approximate surface area is 186 Å². The first-order chi connectivity index (χ1) is 14.9. The van der Waals surface area contributed by atoms with Gasteiger partial charge in [-0.25, -0.2) is 0 Å². The molecular weight excluding hydrogens is 412 g/mol. The number of aryl methyl sites for hydroxylation is 3. The number of aromatic nitrogens is 3. The van der Waals surface area contributed by atoms with Crippen LogP contribution < -0.4 is 5.32 Å². The third-order valence-electron chi connectivity index (χ3n) is 4.62. The molecule has 0 aliphatic rings. The van der Waals surface area contributed by atoms with E-state index < -0.39 is 0 Å². The molecule has 1 N–H and O–H groups in total.